The fourth-order valence-corrected chi connectivity index (χ4v) is 0. The van der Waals surface area contributed by atoms with E-state index in [4.69, 9.17) is 0 Å². The second-order valence-electron chi connectivity index (χ2n) is 0.500. The van der Waals surface area contributed by atoms with Crippen molar-refractivity contribution in [1.29, 1.82) is 0 Å². The summed E-state index contributed by atoms with van der Waals surface area (Å²) in [6.07, 6.45) is 0. The second kappa shape index (κ2) is 10.9. The van der Waals surface area contributed by atoms with Crippen LogP contribution < -0.4 is 0 Å². The molecule has 0 aliphatic carbocycles. The van der Waals surface area contributed by atoms with Crippen molar-refractivity contribution in [3.05, 3.63) is 0 Å². The molecular weight excluding hydrogens is 68.1 g/mol. The average molecular weight is 74.2 g/mol. The van der Waals surface area contributed by atoms with Crippen LogP contribution in [0, 0.1) is 0 Å². The second-order valence-corrected chi connectivity index (χ2v) is 1.50. The van der Waals surface area contributed by atoms with E-state index in [2.05, 4.69) is 13.1 Å². The van der Waals surface area contributed by atoms with Gasteiger partial charge in [0, 0.05) is 15.0 Å². The molecule has 4 heavy (non-hydrogen) atoms. The van der Waals surface area contributed by atoms with Gasteiger partial charge in [0.25, 0.3) is 0 Å². The van der Waals surface area contributed by atoms with Crippen molar-refractivity contribution in [3.8, 4) is 0 Å². The summed E-state index contributed by atoms with van der Waals surface area (Å²) in [6.45, 7) is 4.31. The smallest absolute Gasteiger partial charge is 0.0307 e. The Kier molecular flexibility index (Phi) is 24.2. The van der Waals surface area contributed by atoms with Gasteiger partial charge in [-0.15, -0.1) is 0 Å². The molecule has 24 valence electrons. The molecule has 4 radical (unpaired) electrons. The van der Waals surface area contributed by atoms with Crippen molar-refractivity contribution in [3.63, 3.8) is 0 Å². The van der Waals surface area contributed by atoms with Gasteiger partial charge in [-0.1, -0.05) is 13.1 Å². The lowest BCUT2D eigenvalue weighted by atomic mass is 11.9. The first-order valence-corrected chi connectivity index (χ1v) is 3.00. The fourth-order valence-electron chi connectivity index (χ4n) is 0. The van der Waals surface area contributed by atoms with E-state index in [1.54, 1.807) is 0 Å². The molecule has 0 aromatic rings. The maximum atomic E-state index is 2.15. The van der Waals surface area contributed by atoms with Gasteiger partial charge in [-0.25, -0.2) is 0 Å². The van der Waals surface area contributed by atoms with Crippen molar-refractivity contribution < 1.29 is 5.48 Å². The summed E-state index contributed by atoms with van der Waals surface area (Å²) in [5.41, 5.74) is 0. The zero-order valence-corrected chi connectivity index (χ0v) is 3.91. The van der Waals surface area contributed by atoms with E-state index in [1.165, 1.54) is 0 Å². The summed E-state index contributed by atoms with van der Waals surface area (Å²) in [6, 6.07) is 0. The lowest BCUT2D eigenvalue weighted by molar-refractivity contribution is 0.686. The summed E-state index contributed by atoms with van der Waals surface area (Å²) in [7, 11) is 1.08. The Bertz CT molecular complexity index is 6.00. The number of hydrogen-bond donors (Lipinski definition) is 0. The zero-order chi connectivity index (χ0) is 2.71. The minimum absolute atomic E-state index is 0. The molecule has 0 rings (SSSR count). The van der Waals surface area contributed by atoms with E-state index >= 15 is 0 Å². The highest BCUT2D eigenvalue weighted by Crippen LogP contribution is 1.36. The molecular formula is C2H6OSi. The zero-order valence-electron chi connectivity index (χ0n) is 2.91. The first-order chi connectivity index (χ1) is 1.41. The van der Waals surface area contributed by atoms with Gasteiger partial charge in [-0.05, 0) is 0 Å². The molecule has 0 saturated carbocycles. The molecule has 0 aromatic carbocycles. The Morgan fingerprint density at radius 1 is 1.25 bits per heavy atom. The summed E-state index contributed by atoms with van der Waals surface area (Å²) in [5.74, 6) is 0. The van der Waals surface area contributed by atoms with Gasteiger partial charge in [0.1, 0.15) is 0 Å². The predicted octanol–water partition coefficient (Wildman–Crippen LogP) is 0.668. The Balaban J connectivity index is 0. The monoisotopic (exact) mass is 74.0 g/mol. The summed E-state index contributed by atoms with van der Waals surface area (Å²) >= 11 is 0. The van der Waals surface area contributed by atoms with Crippen LogP contribution in [0.25, 0.3) is 0 Å². The van der Waals surface area contributed by atoms with E-state index in [0.717, 1.165) is 9.52 Å². The molecule has 0 N–H and O–H groups in total. The van der Waals surface area contributed by atoms with Crippen molar-refractivity contribution in [2.75, 3.05) is 0 Å². The minimum atomic E-state index is 0. The molecule has 0 unspecified atom stereocenters. The normalized spacial score (nSPS) is 4.50. The van der Waals surface area contributed by atoms with Gasteiger partial charge >= 0.3 is 0 Å². The van der Waals surface area contributed by atoms with Crippen LogP contribution >= 0.6 is 0 Å². The highest BCUT2D eigenvalue weighted by atomic mass is 28.2. The Morgan fingerprint density at radius 3 is 1.25 bits per heavy atom. The third-order valence-corrected chi connectivity index (χ3v) is 0. The predicted molar refractivity (Wildman–Crippen MR) is 18.2 cm³/mol. The molecule has 0 spiro atoms. The topological polar surface area (TPSA) is 28.5 Å². The maximum absolute atomic E-state index is 2.15. The van der Waals surface area contributed by atoms with Gasteiger partial charge in [-0.2, -0.15) is 0 Å². The molecule has 0 aromatic heterocycles. The van der Waals surface area contributed by atoms with E-state index in [9.17, 15) is 0 Å². The SMILES string of the molecule is C[Si]C.[O]. The molecule has 0 bridgehead atoms. The average Bonchev–Trinajstić information content (AvgIpc) is 0.918. The molecule has 0 saturated heterocycles. The van der Waals surface area contributed by atoms with Crippen molar-refractivity contribution in [2.45, 2.75) is 13.1 Å². The van der Waals surface area contributed by atoms with Crippen molar-refractivity contribution >= 4 is 9.52 Å². The van der Waals surface area contributed by atoms with Crippen LogP contribution in [0.1, 0.15) is 0 Å². The molecule has 0 heterocycles. The Hall–Kier alpha value is 0.177. The molecule has 0 fully saturated rings. The number of rotatable bonds is 0. The van der Waals surface area contributed by atoms with Crippen molar-refractivity contribution in [1.82, 2.24) is 0 Å². The maximum Gasteiger partial charge on any atom is 0.0307 e. The number of hydrogen-bond acceptors (Lipinski definition) is 0. The van der Waals surface area contributed by atoms with Crippen LogP contribution in [-0.2, 0) is 5.48 Å². The minimum Gasteiger partial charge on any atom is -0.0735 e. The Labute approximate surface area is 29.2 Å². The largest absolute Gasteiger partial charge is 0.0735 e. The van der Waals surface area contributed by atoms with Gasteiger partial charge in [0.2, 0.25) is 0 Å². The van der Waals surface area contributed by atoms with E-state index in [-0.39, 0.29) is 5.48 Å². The third-order valence-electron chi connectivity index (χ3n) is 0. The van der Waals surface area contributed by atoms with Crippen LogP contribution in [0.5, 0.6) is 0 Å². The fraction of sp³-hybridized carbons (Fsp3) is 1.00. The van der Waals surface area contributed by atoms with E-state index in [0.29, 0.717) is 0 Å². The first kappa shape index (κ1) is 8.90. The summed E-state index contributed by atoms with van der Waals surface area (Å²) in [4.78, 5) is 0. The van der Waals surface area contributed by atoms with Crippen molar-refractivity contribution in [2.24, 2.45) is 0 Å². The van der Waals surface area contributed by atoms with Crippen LogP contribution in [0.4, 0.5) is 0 Å². The molecule has 1 nitrogen and oxygen atoms in total. The Morgan fingerprint density at radius 2 is 1.25 bits per heavy atom. The van der Waals surface area contributed by atoms with Gasteiger partial charge in [-0.3, -0.25) is 0 Å². The summed E-state index contributed by atoms with van der Waals surface area (Å²) in [5, 5.41) is 0. The van der Waals surface area contributed by atoms with Gasteiger partial charge in [0.05, 0.1) is 0 Å². The highest BCUT2D eigenvalue weighted by molar-refractivity contribution is 6.31. The van der Waals surface area contributed by atoms with Crippen LogP contribution in [0.2, 0.25) is 13.1 Å². The van der Waals surface area contributed by atoms with Gasteiger partial charge < -0.3 is 0 Å². The first-order valence-electron chi connectivity index (χ1n) is 1.00. The lowest BCUT2D eigenvalue weighted by Crippen LogP contribution is -1.53. The standard InChI is InChI=1S/C2H6Si.O/c1-3-2;/h1-2H3;. The van der Waals surface area contributed by atoms with E-state index in [1.807, 2.05) is 0 Å². The van der Waals surface area contributed by atoms with Crippen LogP contribution in [0.15, 0.2) is 0 Å². The molecule has 0 aliphatic heterocycles. The molecule has 0 aliphatic rings. The third kappa shape index (κ3) is 96.4. The summed E-state index contributed by atoms with van der Waals surface area (Å²) < 4.78 is 0. The van der Waals surface area contributed by atoms with E-state index < -0.39 is 0 Å². The van der Waals surface area contributed by atoms with Crippen LogP contribution in [-0.4, -0.2) is 9.52 Å². The van der Waals surface area contributed by atoms with Gasteiger partial charge in [0.15, 0.2) is 0 Å². The highest BCUT2D eigenvalue weighted by Gasteiger charge is 1.39. The lowest BCUT2D eigenvalue weighted by Gasteiger charge is -1.44. The molecule has 2 heteroatoms. The molecule has 0 atom stereocenters. The van der Waals surface area contributed by atoms with Crippen LogP contribution in [0.3, 0.4) is 0 Å². The quantitative estimate of drug-likeness (QED) is 0.378. The molecule has 0 amide bonds.